The highest BCUT2D eigenvalue weighted by atomic mass is 32.2. The highest BCUT2D eigenvalue weighted by Crippen LogP contribution is 2.28. The lowest BCUT2D eigenvalue weighted by molar-refractivity contribution is 0.418. The van der Waals surface area contributed by atoms with Gasteiger partial charge in [0.05, 0.1) is 0 Å². The van der Waals surface area contributed by atoms with Crippen LogP contribution < -0.4 is 10.6 Å². The fraction of sp³-hybridized carbons (Fsp3) is 0.850. The summed E-state index contributed by atoms with van der Waals surface area (Å²) >= 11 is 2.11. The van der Waals surface area contributed by atoms with Gasteiger partial charge in [-0.25, -0.2) is 0 Å². The number of rotatable bonds is 7. The average Bonchev–Trinajstić information content (AvgIpc) is 2.91. The summed E-state index contributed by atoms with van der Waals surface area (Å²) in [6.45, 7) is 4.27. The molecule has 1 aliphatic carbocycles. The van der Waals surface area contributed by atoms with E-state index in [1.54, 1.807) is 0 Å². The maximum Gasteiger partial charge on any atom is 0.191 e. The van der Waals surface area contributed by atoms with Crippen LogP contribution in [-0.4, -0.2) is 51.4 Å². The Morgan fingerprint density at radius 1 is 1.22 bits per heavy atom. The molecule has 1 saturated carbocycles. The van der Waals surface area contributed by atoms with Crippen LogP contribution in [0.2, 0.25) is 0 Å². The standard InChI is InChI=1S/C20H36N6S/c1-3-27-17-10-7-9-16(15-17)23-20(21-2)22-13-8-12-19-25-24-18-11-5-4-6-14-26(18)19/h16-17H,3-15H2,1-2H3,(H2,21,22,23). The molecular formula is C20H36N6S. The molecule has 1 fully saturated rings. The van der Waals surface area contributed by atoms with Gasteiger partial charge in [0.1, 0.15) is 11.6 Å². The van der Waals surface area contributed by atoms with Crippen LogP contribution in [0.1, 0.15) is 69.9 Å². The van der Waals surface area contributed by atoms with Crippen LogP contribution >= 0.6 is 11.8 Å². The molecule has 27 heavy (non-hydrogen) atoms. The minimum absolute atomic E-state index is 0.557. The molecule has 2 atom stereocenters. The van der Waals surface area contributed by atoms with E-state index in [-0.39, 0.29) is 0 Å². The number of nitrogens with one attached hydrogen (secondary N) is 2. The summed E-state index contributed by atoms with van der Waals surface area (Å²) < 4.78 is 2.35. The molecule has 0 saturated heterocycles. The monoisotopic (exact) mass is 392 g/mol. The normalized spacial score (nSPS) is 23.6. The number of fused-ring (bicyclic) bond motifs is 1. The number of hydrogen-bond donors (Lipinski definition) is 2. The smallest absolute Gasteiger partial charge is 0.191 e. The van der Waals surface area contributed by atoms with Crippen LogP contribution in [0.3, 0.4) is 0 Å². The third-order valence-electron chi connectivity index (χ3n) is 5.65. The van der Waals surface area contributed by atoms with Crippen molar-refractivity contribution in [2.75, 3.05) is 19.3 Å². The number of guanidine groups is 1. The van der Waals surface area contributed by atoms with Crippen LogP contribution in [0.15, 0.2) is 4.99 Å². The van der Waals surface area contributed by atoms with Crippen molar-refractivity contribution in [3.05, 3.63) is 11.6 Å². The topological polar surface area (TPSA) is 67.1 Å². The van der Waals surface area contributed by atoms with Crippen LogP contribution in [0, 0.1) is 0 Å². The molecule has 2 unspecified atom stereocenters. The molecule has 0 bridgehead atoms. The van der Waals surface area contributed by atoms with Crippen molar-refractivity contribution >= 4 is 17.7 Å². The number of aliphatic imine (C=N–C) groups is 1. The molecule has 2 aliphatic rings. The lowest BCUT2D eigenvalue weighted by Gasteiger charge is -2.30. The molecule has 0 radical (unpaired) electrons. The molecule has 0 amide bonds. The molecule has 1 aromatic rings. The van der Waals surface area contributed by atoms with Gasteiger partial charge in [-0.05, 0) is 44.3 Å². The molecule has 0 aromatic carbocycles. The Labute approximate surface area is 168 Å². The minimum Gasteiger partial charge on any atom is -0.356 e. The summed E-state index contributed by atoms with van der Waals surface area (Å²) in [7, 11) is 1.87. The molecule has 0 spiro atoms. The molecule has 3 rings (SSSR count). The Balaban J connectivity index is 1.39. The van der Waals surface area contributed by atoms with E-state index in [9.17, 15) is 0 Å². The molecule has 1 aliphatic heterocycles. The number of hydrogen-bond acceptors (Lipinski definition) is 4. The summed E-state index contributed by atoms with van der Waals surface area (Å²) in [5.74, 6) is 4.51. The van der Waals surface area contributed by atoms with Crippen molar-refractivity contribution < 1.29 is 0 Å². The van der Waals surface area contributed by atoms with E-state index in [1.807, 2.05) is 7.05 Å². The molecular weight excluding hydrogens is 356 g/mol. The quantitative estimate of drug-likeness (QED) is 0.424. The minimum atomic E-state index is 0.557. The number of aryl methyl sites for hydroxylation is 2. The SMILES string of the molecule is CCSC1CCCC(NC(=NC)NCCCc2nnc3n2CCCCC3)C1. The zero-order chi connectivity index (χ0) is 18.9. The van der Waals surface area contributed by atoms with Crippen molar-refractivity contribution in [3.8, 4) is 0 Å². The molecule has 6 nitrogen and oxygen atoms in total. The lowest BCUT2D eigenvalue weighted by atomic mass is 9.95. The number of thioether (sulfide) groups is 1. The van der Waals surface area contributed by atoms with Crippen LogP contribution in [-0.2, 0) is 19.4 Å². The van der Waals surface area contributed by atoms with Crippen LogP contribution in [0.5, 0.6) is 0 Å². The first-order chi connectivity index (χ1) is 13.3. The molecule has 2 heterocycles. The first-order valence-corrected chi connectivity index (χ1v) is 11.8. The predicted molar refractivity (Wildman–Crippen MR) is 115 cm³/mol. The van der Waals surface area contributed by atoms with Crippen molar-refractivity contribution in [2.24, 2.45) is 4.99 Å². The van der Waals surface area contributed by atoms with E-state index in [4.69, 9.17) is 0 Å². The first-order valence-electron chi connectivity index (χ1n) is 10.8. The fourth-order valence-corrected chi connectivity index (χ4v) is 5.41. The van der Waals surface area contributed by atoms with Crippen LogP contribution in [0.4, 0.5) is 0 Å². The lowest BCUT2D eigenvalue weighted by Crippen LogP contribution is -2.46. The molecule has 7 heteroatoms. The van der Waals surface area contributed by atoms with Crippen molar-refractivity contribution in [2.45, 2.75) is 89.0 Å². The van der Waals surface area contributed by atoms with Gasteiger partial charge < -0.3 is 15.2 Å². The van der Waals surface area contributed by atoms with Gasteiger partial charge in [-0.15, -0.1) is 10.2 Å². The fourth-order valence-electron chi connectivity index (χ4n) is 4.23. The number of aromatic nitrogens is 3. The zero-order valence-electron chi connectivity index (χ0n) is 17.0. The average molecular weight is 393 g/mol. The van der Waals surface area contributed by atoms with Gasteiger partial charge in [-0.3, -0.25) is 4.99 Å². The third-order valence-corrected chi connectivity index (χ3v) is 6.88. The first kappa shape index (κ1) is 20.5. The van der Waals surface area contributed by atoms with Crippen molar-refractivity contribution in [1.82, 2.24) is 25.4 Å². The van der Waals surface area contributed by atoms with Crippen LogP contribution in [0.25, 0.3) is 0 Å². The van der Waals surface area contributed by atoms with E-state index in [1.165, 1.54) is 56.5 Å². The van der Waals surface area contributed by atoms with Crippen molar-refractivity contribution in [3.63, 3.8) is 0 Å². The van der Waals surface area contributed by atoms with E-state index >= 15 is 0 Å². The Hall–Kier alpha value is -1.24. The van der Waals surface area contributed by atoms with Gasteiger partial charge in [0, 0.05) is 44.3 Å². The number of nitrogens with zero attached hydrogens (tertiary/aromatic N) is 4. The highest BCUT2D eigenvalue weighted by Gasteiger charge is 2.22. The Bertz CT molecular complexity index is 597. The predicted octanol–water partition coefficient (Wildman–Crippen LogP) is 3.17. The summed E-state index contributed by atoms with van der Waals surface area (Å²) in [5, 5.41) is 16.8. The van der Waals surface area contributed by atoms with Gasteiger partial charge in [-0.1, -0.05) is 19.8 Å². The summed E-state index contributed by atoms with van der Waals surface area (Å²) in [4.78, 5) is 4.42. The second-order valence-electron chi connectivity index (χ2n) is 7.68. The van der Waals surface area contributed by atoms with E-state index in [0.717, 1.165) is 49.4 Å². The van der Waals surface area contributed by atoms with Gasteiger partial charge in [0.15, 0.2) is 5.96 Å². The third kappa shape index (κ3) is 6.13. The zero-order valence-corrected chi connectivity index (χ0v) is 17.9. The molecule has 1 aromatic heterocycles. The van der Waals surface area contributed by atoms with E-state index in [0.29, 0.717) is 6.04 Å². The summed E-state index contributed by atoms with van der Waals surface area (Å²) in [6.07, 6.45) is 12.1. The maximum absolute atomic E-state index is 4.43. The second-order valence-corrected chi connectivity index (χ2v) is 9.26. The van der Waals surface area contributed by atoms with Gasteiger partial charge in [-0.2, -0.15) is 11.8 Å². The Morgan fingerprint density at radius 2 is 2.15 bits per heavy atom. The second kappa shape index (κ2) is 10.9. The highest BCUT2D eigenvalue weighted by molar-refractivity contribution is 7.99. The summed E-state index contributed by atoms with van der Waals surface area (Å²) in [5.41, 5.74) is 0. The van der Waals surface area contributed by atoms with Crippen molar-refractivity contribution in [1.29, 1.82) is 0 Å². The van der Waals surface area contributed by atoms with Gasteiger partial charge >= 0.3 is 0 Å². The summed E-state index contributed by atoms with van der Waals surface area (Å²) in [6, 6.07) is 0.557. The molecule has 152 valence electrons. The largest absolute Gasteiger partial charge is 0.356 e. The van der Waals surface area contributed by atoms with Gasteiger partial charge in [0.25, 0.3) is 0 Å². The van der Waals surface area contributed by atoms with E-state index < -0.39 is 0 Å². The van der Waals surface area contributed by atoms with Gasteiger partial charge in [0.2, 0.25) is 0 Å². The Morgan fingerprint density at radius 3 is 3.00 bits per heavy atom. The Kier molecular flexibility index (Phi) is 8.30. The van der Waals surface area contributed by atoms with E-state index in [2.05, 4.69) is 49.1 Å². The molecule has 2 N–H and O–H groups in total. The maximum atomic E-state index is 4.43.